The van der Waals surface area contributed by atoms with Crippen molar-refractivity contribution in [1.29, 1.82) is 0 Å². The van der Waals surface area contributed by atoms with Crippen LogP contribution in [0.5, 0.6) is 0 Å². The highest BCUT2D eigenvalue weighted by molar-refractivity contribution is 9.10. The molecule has 1 aromatic carbocycles. The maximum Gasteiger partial charge on any atom is 0.417 e. The minimum atomic E-state index is -4.30. The van der Waals surface area contributed by atoms with Gasteiger partial charge in [0.2, 0.25) is 0 Å². The van der Waals surface area contributed by atoms with Gasteiger partial charge in [-0.05, 0) is 18.2 Å². The van der Waals surface area contributed by atoms with Crippen molar-refractivity contribution >= 4 is 27.7 Å². The van der Waals surface area contributed by atoms with Gasteiger partial charge < -0.3 is 0 Å². The first-order valence-corrected chi connectivity index (χ1v) is 6.26. The third kappa shape index (κ3) is 4.01. The first-order valence-electron chi connectivity index (χ1n) is 4.65. The van der Waals surface area contributed by atoms with Gasteiger partial charge >= 0.3 is 6.18 Å². The SMILES string of the molecule is CC(C)(C)Sc1cc(Br)ccc1C(F)(F)F. The van der Waals surface area contributed by atoms with Crippen molar-refractivity contribution in [1.82, 2.24) is 0 Å². The molecule has 0 heterocycles. The normalized spacial score (nSPS) is 12.9. The summed E-state index contributed by atoms with van der Waals surface area (Å²) in [5.41, 5.74) is -0.573. The lowest BCUT2D eigenvalue weighted by atomic mass is 10.2. The number of rotatable bonds is 1. The molecule has 1 rings (SSSR count). The second-order valence-corrected chi connectivity index (χ2v) is 7.14. The molecule has 90 valence electrons. The molecule has 0 fully saturated rings. The molecule has 0 aliphatic rings. The van der Waals surface area contributed by atoms with Crippen LogP contribution in [0, 0.1) is 0 Å². The zero-order chi connectivity index (χ0) is 12.6. The second-order valence-electron chi connectivity index (χ2n) is 4.35. The summed E-state index contributed by atoms with van der Waals surface area (Å²) in [6.45, 7) is 5.66. The van der Waals surface area contributed by atoms with E-state index in [1.54, 1.807) is 0 Å². The van der Waals surface area contributed by atoms with Gasteiger partial charge in [0.15, 0.2) is 0 Å². The molecule has 16 heavy (non-hydrogen) atoms. The Hall–Kier alpha value is -0.160. The van der Waals surface area contributed by atoms with Crippen molar-refractivity contribution in [3.05, 3.63) is 28.2 Å². The van der Waals surface area contributed by atoms with Crippen molar-refractivity contribution in [2.24, 2.45) is 0 Å². The number of hydrogen-bond donors (Lipinski definition) is 0. The first-order chi connectivity index (χ1) is 7.09. The maximum atomic E-state index is 12.7. The summed E-state index contributed by atoms with van der Waals surface area (Å²) in [5, 5.41) is 0. The largest absolute Gasteiger partial charge is 0.417 e. The van der Waals surface area contributed by atoms with Gasteiger partial charge in [-0.3, -0.25) is 0 Å². The molecule has 0 saturated carbocycles. The summed E-state index contributed by atoms with van der Waals surface area (Å²) < 4.78 is 38.6. The van der Waals surface area contributed by atoms with Crippen LogP contribution in [0.4, 0.5) is 13.2 Å². The quantitative estimate of drug-likeness (QED) is 0.629. The topological polar surface area (TPSA) is 0 Å². The van der Waals surface area contributed by atoms with Crippen molar-refractivity contribution in [2.75, 3.05) is 0 Å². The van der Waals surface area contributed by atoms with Gasteiger partial charge in [0.25, 0.3) is 0 Å². The van der Waals surface area contributed by atoms with Crippen LogP contribution in [0.2, 0.25) is 0 Å². The van der Waals surface area contributed by atoms with Crippen molar-refractivity contribution < 1.29 is 13.2 Å². The van der Waals surface area contributed by atoms with Gasteiger partial charge in [-0.15, -0.1) is 11.8 Å². The Morgan fingerprint density at radius 2 is 1.69 bits per heavy atom. The summed E-state index contributed by atoms with van der Waals surface area (Å²) in [6, 6.07) is 4.03. The van der Waals surface area contributed by atoms with Crippen LogP contribution in [0.3, 0.4) is 0 Å². The predicted octanol–water partition coefficient (Wildman–Crippen LogP) is 5.36. The van der Waals surface area contributed by atoms with E-state index in [1.807, 2.05) is 20.8 Å². The van der Waals surface area contributed by atoms with Crippen LogP contribution in [0.1, 0.15) is 26.3 Å². The Labute approximate surface area is 106 Å². The fourth-order valence-corrected chi connectivity index (χ4v) is 2.80. The van der Waals surface area contributed by atoms with Crippen LogP contribution in [0.15, 0.2) is 27.6 Å². The standard InChI is InChI=1S/C11H12BrF3S/c1-10(2,3)16-9-6-7(12)4-5-8(9)11(13,14)15/h4-6H,1-3H3. The molecule has 0 nitrogen and oxygen atoms in total. The third-order valence-electron chi connectivity index (χ3n) is 1.67. The number of alkyl halides is 3. The molecule has 0 bridgehead atoms. The minimum absolute atomic E-state index is 0.249. The minimum Gasteiger partial charge on any atom is -0.166 e. The van der Waals surface area contributed by atoms with Crippen LogP contribution in [-0.2, 0) is 6.18 Å². The van der Waals surface area contributed by atoms with Crippen LogP contribution in [-0.4, -0.2) is 4.75 Å². The monoisotopic (exact) mass is 312 g/mol. The molecule has 0 radical (unpaired) electrons. The van der Waals surface area contributed by atoms with E-state index in [0.29, 0.717) is 4.47 Å². The highest BCUT2D eigenvalue weighted by atomic mass is 79.9. The van der Waals surface area contributed by atoms with Crippen LogP contribution >= 0.6 is 27.7 Å². The Bertz CT molecular complexity index is 380. The predicted molar refractivity (Wildman–Crippen MR) is 64.8 cm³/mol. The van der Waals surface area contributed by atoms with Gasteiger partial charge in [-0.1, -0.05) is 36.7 Å². The number of halogens is 4. The molecule has 0 spiro atoms. The average molecular weight is 313 g/mol. The Morgan fingerprint density at radius 3 is 2.12 bits per heavy atom. The smallest absolute Gasteiger partial charge is 0.166 e. The van der Waals surface area contributed by atoms with Gasteiger partial charge in [0.1, 0.15) is 0 Å². The highest BCUT2D eigenvalue weighted by Crippen LogP contribution is 2.42. The molecular formula is C11H12BrF3S. The van der Waals surface area contributed by atoms with Crippen molar-refractivity contribution in [2.45, 2.75) is 36.6 Å². The highest BCUT2D eigenvalue weighted by Gasteiger charge is 2.34. The van der Waals surface area contributed by atoms with Gasteiger partial charge in [0, 0.05) is 14.1 Å². The van der Waals surface area contributed by atoms with Gasteiger partial charge in [-0.2, -0.15) is 13.2 Å². The third-order valence-corrected chi connectivity index (χ3v) is 3.33. The number of thioether (sulfide) groups is 1. The molecule has 0 N–H and O–H groups in total. The zero-order valence-electron chi connectivity index (χ0n) is 9.15. The molecule has 1 aromatic rings. The molecule has 0 saturated heterocycles. The fourth-order valence-electron chi connectivity index (χ4n) is 1.14. The molecule has 0 aliphatic carbocycles. The van der Waals surface area contributed by atoms with Crippen molar-refractivity contribution in [3.63, 3.8) is 0 Å². The summed E-state index contributed by atoms with van der Waals surface area (Å²) >= 11 is 4.41. The first kappa shape index (κ1) is 13.9. The van der Waals surface area contributed by atoms with E-state index < -0.39 is 11.7 Å². The Morgan fingerprint density at radius 1 is 1.12 bits per heavy atom. The molecule has 0 unspecified atom stereocenters. The molecule has 0 aromatic heterocycles. The molecular weight excluding hydrogens is 301 g/mol. The lowest BCUT2D eigenvalue weighted by Crippen LogP contribution is -2.11. The van der Waals surface area contributed by atoms with Gasteiger partial charge in [0.05, 0.1) is 5.56 Å². The lowest BCUT2D eigenvalue weighted by Gasteiger charge is -2.21. The summed E-state index contributed by atoms with van der Waals surface area (Å²) in [5.74, 6) is 0. The van der Waals surface area contributed by atoms with Gasteiger partial charge in [-0.25, -0.2) is 0 Å². The summed E-state index contributed by atoms with van der Waals surface area (Å²) in [7, 11) is 0. The number of benzene rings is 1. The van der Waals surface area contributed by atoms with Crippen molar-refractivity contribution in [3.8, 4) is 0 Å². The maximum absolute atomic E-state index is 12.7. The summed E-state index contributed by atoms with van der Waals surface area (Å²) in [6.07, 6.45) is -4.30. The zero-order valence-corrected chi connectivity index (χ0v) is 11.6. The second kappa shape index (κ2) is 4.61. The average Bonchev–Trinajstić information content (AvgIpc) is 1.97. The Kier molecular flexibility index (Phi) is 4.00. The lowest BCUT2D eigenvalue weighted by molar-refractivity contribution is -0.139. The van der Waals surface area contributed by atoms with E-state index >= 15 is 0 Å². The van der Waals surface area contributed by atoms with E-state index in [4.69, 9.17) is 0 Å². The van der Waals surface area contributed by atoms with E-state index in [1.165, 1.54) is 23.9 Å². The van der Waals surface area contributed by atoms with E-state index in [-0.39, 0.29) is 9.64 Å². The Balaban J connectivity index is 3.19. The molecule has 5 heteroatoms. The van der Waals surface area contributed by atoms with E-state index in [0.717, 1.165) is 6.07 Å². The fraction of sp³-hybridized carbons (Fsp3) is 0.455. The van der Waals surface area contributed by atoms with E-state index in [2.05, 4.69) is 15.9 Å². The molecule has 0 amide bonds. The number of hydrogen-bond acceptors (Lipinski definition) is 1. The van der Waals surface area contributed by atoms with Crippen LogP contribution < -0.4 is 0 Å². The van der Waals surface area contributed by atoms with Crippen LogP contribution in [0.25, 0.3) is 0 Å². The molecule has 0 atom stereocenters. The van der Waals surface area contributed by atoms with E-state index in [9.17, 15) is 13.2 Å². The molecule has 0 aliphatic heterocycles. The summed E-state index contributed by atoms with van der Waals surface area (Å²) in [4.78, 5) is 0.259.